The Bertz CT molecular complexity index is 710. The van der Waals surface area contributed by atoms with E-state index in [-0.39, 0.29) is 12.3 Å². The van der Waals surface area contributed by atoms with Crippen molar-refractivity contribution in [3.8, 4) is 10.0 Å². The third kappa shape index (κ3) is 4.95. The zero-order valence-corrected chi connectivity index (χ0v) is 14.7. The second-order valence-electron chi connectivity index (χ2n) is 4.82. The van der Waals surface area contributed by atoms with Crippen LogP contribution in [0.5, 0.6) is 0 Å². The van der Waals surface area contributed by atoms with Gasteiger partial charge in [0.15, 0.2) is 10.0 Å². The van der Waals surface area contributed by atoms with Crippen molar-refractivity contribution < 1.29 is 14.8 Å². The van der Waals surface area contributed by atoms with Crippen LogP contribution in [-0.4, -0.2) is 33.5 Å². The standard InChI is InChI=1S/C15H18N4O3S2/c1-2-5-10-12(18-15(24-10)14-17-8-9-23-14)13(21)16-7-4-3-6-11(20)19-22/h2,5,8-9,22H,3-4,6-7H2,1H3,(H,16,21)(H,19,20). The molecule has 7 nitrogen and oxygen atoms in total. The summed E-state index contributed by atoms with van der Waals surface area (Å²) in [4.78, 5) is 32.7. The van der Waals surface area contributed by atoms with Crippen molar-refractivity contribution >= 4 is 40.6 Å². The highest BCUT2D eigenvalue weighted by molar-refractivity contribution is 7.21. The Morgan fingerprint density at radius 1 is 1.33 bits per heavy atom. The molecule has 2 aromatic heterocycles. The Kier molecular flexibility index (Phi) is 7.04. The molecule has 128 valence electrons. The minimum Gasteiger partial charge on any atom is -0.351 e. The van der Waals surface area contributed by atoms with E-state index >= 15 is 0 Å². The lowest BCUT2D eigenvalue weighted by Gasteiger charge is -2.03. The van der Waals surface area contributed by atoms with Gasteiger partial charge < -0.3 is 5.32 Å². The van der Waals surface area contributed by atoms with E-state index in [9.17, 15) is 9.59 Å². The third-order valence-electron chi connectivity index (χ3n) is 3.04. The van der Waals surface area contributed by atoms with Crippen molar-refractivity contribution in [1.82, 2.24) is 20.8 Å². The molecule has 24 heavy (non-hydrogen) atoms. The van der Waals surface area contributed by atoms with Gasteiger partial charge in [-0.1, -0.05) is 6.08 Å². The molecule has 0 radical (unpaired) electrons. The molecule has 0 aliphatic carbocycles. The quantitative estimate of drug-likeness (QED) is 0.378. The molecule has 0 unspecified atom stereocenters. The molecule has 2 amide bonds. The van der Waals surface area contributed by atoms with Gasteiger partial charge in [-0.15, -0.1) is 22.7 Å². The summed E-state index contributed by atoms with van der Waals surface area (Å²) in [6, 6.07) is 0. The van der Waals surface area contributed by atoms with Crippen LogP contribution in [0, 0.1) is 0 Å². The Morgan fingerprint density at radius 3 is 2.83 bits per heavy atom. The number of unbranched alkanes of at least 4 members (excludes halogenated alkanes) is 1. The number of carbonyl (C=O) groups is 2. The largest absolute Gasteiger partial charge is 0.351 e. The molecule has 0 aliphatic rings. The molecule has 3 N–H and O–H groups in total. The lowest BCUT2D eigenvalue weighted by molar-refractivity contribution is -0.129. The van der Waals surface area contributed by atoms with Crippen LogP contribution in [0.25, 0.3) is 16.1 Å². The SMILES string of the molecule is CC=Cc1sc(-c2nccs2)nc1C(=O)NCCCCC(=O)NO. The minimum absolute atomic E-state index is 0.223. The highest BCUT2D eigenvalue weighted by atomic mass is 32.1. The van der Waals surface area contributed by atoms with Crippen molar-refractivity contribution in [1.29, 1.82) is 0 Å². The molecule has 2 heterocycles. The second kappa shape index (κ2) is 9.26. The van der Waals surface area contributed by atoms with Crippen LogP contribution >= 0.6 is 22.7 Å². The minimum atomic E-state index is -0.427. The fraction of sp³-hybridized carbons (Fsp3) is 0.333. The predicted molar refractivity (Wildman–Crippen MR) is 94.0 cm³/mol. The van der Waals surface area contributed by atoms with Gasteiger partial charge in [0.1, 0.15) is 5.69 Å². The number of hydrogen-bond donors (Lipinski definition) is 3. The van der Waals surface area contributed by atoms with Gasteiger partial charge in [0.05, 0.1) is 4.88 Å². The summed E-state index contributed by atoms with van der Waals surface area (Å²) in [5.41, 5.74) is 1.97. The topological polar surface area (TPSA) is 104 Å². The van der Waals surface area contributed by atoms with Crippen molar-refractivity contribution in [2.24, 2.45) is 0 Å². The smallest absolute Gasteiger partial charge is 0.271 e. The molecule has 9 heteroatoms. The molecule has 2 aromatic rings. The summed E-state index contributed by atoms with van der Waals surface area (Å²) >= 11 is 2.91. The van der Waals surface area contributed by atoms with Crippen LogP contribution in [0.4, 0.5) is 0 Å². The van der Waals surface area contributed by atoms with Gasteiger partial charge in [0, 0.05) is 24.5 Å². The summed E-state index contributed by atoms with van der Waals surface area (Å²) in [5, 5.41) is 14.6. The van der Waals surface area contributed by atoms with Gasteiger partial charge in [-0.25, -0.2) is 15.4 Å². The number of nitrogens with one attached hydrogen (secondary N) is 2. The van der Waals surface area contributed by atoms with Crippen molar-refractivity contribution in [2.45, 2.75) is 26.2 Å². The maximum atomic E-state index is 12.3. The average Bonchev–Trinajstić information content (AvgIpc) is 3.23. The first-order valence-electron chi connectivity index (χ1n) is 7.40. The Balaban J connectivity index is 1.96. The van der Waals surface area contributed by atoms with Crippen LogP contribution < -0.4 is 10.8 Å². The molecule has 0 spiro atoms. The van der Waals surface area contributed by atoms with E-state index in [1.54, 1.807) is 11.7 Å². The molecular weight excluding hydrogens is 348 g/mol. The van der Waals surface area contributed by atoms with Gasteiger partial charge in [-0.2, -0.15) is 0 Å². The highest BCUT2D eigenvalue weighted by Crippen LogP contribution is 2.30. The Hall–Kier alpha value is -2.10. The maximum absolute atomic E-state index is 12.3. The molecule has 0 bridgehead atoms. The normalized spacial score (nSPS) is 10.9. The van der Waals surface area contributed by atoms with E-state index in [0.717, 1.165) is 14.9 Å². The van der Waals surface area contributed by atoms with Gasteiger partial charge >= 0.3 is 0 Å². The molecule has 0 saturated carbocycles. The van der Waals surface area contributed by atoms with Crippen LogP contribution in [-0.2, 0) is 4.79 Å². The van der Waals surface area contributed by atoms with E-state index in [1.807, 2.05) is 24.5 Å². The summed E-state index contributed by atoms with van der Waals surface area (Å²) in [6.45, 7) is 2.33. The molecule has 0 aromatic carbocycles. The monoisotopic (exact) mass is 366 g/mol. The third-order valence-corrected chi connectivity index (χ3v) is 4.98. The van der Waals surface area contributed by atoms with E-state index < -0.39 is 5.91 Å². The summed E-state index contributed by atoms with van der Waals surface area (Å²) in [6.07, 6.45) is 6.87. The number of aromatic nitrogens is 2. The summed E-state index contributed by atoms with van der Waals surface area (Å²) in [7, 11) is 0. The number of thiazole rings is 2. The van der Waals surface area contributed by atoms with Crippen LogP contribution in [0.2, 0.25) is 0 Å². The van der Waals surface area contributed by atoms with E-state index in [2.05, 4.69) is 15.3 Å². The summed E-state index contributed by atoms with van der Waals surface area (Å²) < 4.78 is 0. The average molecular weight is 366 g/mol. The fourth-order valence-electron chi connectivity index (χ4n) is 1.93. The van der Waals surface area contributed by atoms with E-state index in [4.69, 9.17) is 5.21 Å². The Labute approximate surface area is 147 Å². The first kappa shape index (κ1) is 18.2. The number of carbonyl (C=O) groups excluding carboxylic acids is 2. The molecule has 2 rings (SSSR count). The van der Waals surface area contributed by atoms with Crippen LogP contribution in [0.3, 0.4) is 0 Å². The van der Waals surface area contributed by atoms with Crippen molar-refractivity contribution in [3.63, 3.8) is 0 Å². The lowest BCUT2D eigenvalue weighted by Crippen LogP contribution is -2.26. The van der Waals surface area contributed by atoms with Crippen molar-refractivity contribution in [2.75, 3.05) is 6.54 Å². The Morgan fingerprint density at radius 2 is 2.17 bits per heavy atom. The molecule has 0 atom stereocenters. The fourth-order valence-corrected chi connectivity index (χ4v) is 3.64. The number of nitrogens with zero attached hydrogens (tertiary/aromatic N) is 2. The number of amides is 2. The maximum Gasteiger partial charge on any atom is 0.271 e. The zero-order valence-electron chi connectivity index (χ0n) is 13.1. The van der Waals surface area contributed by atoms with Gasteiger partial charge in [0.2, 0.25) is 5.91 Å². The lowest BCUT2D eigenvalue weighted by atomic mass is 10.2. The molecule has 0 fully saturated rings. The van der Waals surface area contributed by atoms with Crippen molar-refractivity contribution in [3.05, 3.63) is 28.2 Å². The number of allylic oxidation sites excluding steroid dienone is 1. The van der Waals surface area contributed by atoms with Gasteiger partial charge in [0.25, 0.3) is 5.91 Å². The van der Waals surface area contributed by atoms with E-state index in [1.165, 1.54) is 22.7 Å². The van der Waals surface area contributed by atoms with E-state index in [0.29, 0.717) is 25.1 Å². The summed E-state index contributed by atoms with van der Waals surface area (Å²) in [5.74, 6) is -0.668. The first-order valence-corrected chi connectivity index (χ1v) is 9.09. The zero-order chi connectivity index (χ0) is 17.4. The van der Waals surface area contributed by atoms with Crippen LogP contribution in [0.15, 0.2) is 17.7 Å². The molecule has 0 saturated heterocycles. The molecular formula is C15H18N4O3S2. The van der Waals surface area contributed by atoms with Gasteiger partial charge in [-0.3, -0.25) is 14.8 Å². The number of rotatable bonds is 8. The highest BCUT2D eigenvalue weighted by Gasteiger charge is 2.18. The number of hydroxylamine groups is 1. The first-order chi connectivity index (χ1) is 11.7. The number of hydrogen-bond acceptors (Lipinski definition) is 7. The second-order valence-corrected chi connectivity index (χ2v) is 6.74. The predicted octanol–water partition coefficient (Wildman–Crippen LogP) is 2.71. The van der Waals surface area contributed by atoms with Crippen LogP contribution in [0.1, 0.15) is 41.6 Å². The molecule has 0 aliphatic heterocycles. The van der Waals surface area contributed by atoms with Gasteiger partial charge in [-0.05, 0) is 25.8 Å².